The summed E-state index contributed by atoms with van der Waals surface area (Å²) in [5, 5.41) is 12.4. The van der Waals surface area contributed by atoms with Crippen molar-refractivity contribution in [2.24, 2.45) is 16.7 Å². The number of hydrogen-bond acceptors (Lipinski definition) is 2. The molecule has 0 aromatic heterocycles. The van der Waals surface area contributed by atoms with E-state index in [1.165, 1.54) is 0 Å². The van der Waals surface area contributed by atoms with E-state index in [1.807, 2.05) is 0 Å². The zero-order valence-electron chi connectivity index (χ0n) is 13.6. The average Bonchev–Trinajstić information content (AvgIpc) is 2.76. The maximum absolute atomic E-state index is 12.4. The van der Waals surface area contributed by atoms with Crippen LogP contribution in [0.1, 0.15) is 53.4 Å². The molecule has 0 spiro atoms. The predicted octanol–water partition coefficient (Wildman–Crippen LogP) is 2.71. The summed E-state index contributed by atoms with van der Waals surface area (Å²) in [6, 6.07) is 0.110. The van der Waals surface area contributed by atoms with E-state index in [0.29, 0.717) is 30.8 Å². The lowest BCUT2D eigenvalue weighted by atomic mass is 9.70. The predicted molar refractivity (Wildman–Crippen MR) is 81.0 cm³/mol. The summed E-state index contributed by atoms with van der Waals surface area (Å²) in [5.74, 6) is -0.350. The first-order valence-electron chi connectivity index (χ1n) is 7.92. The van der Waals surface area contributed by atoms with Gasteiger partial charge in [0.1, 0.15) is 0 Å². The highest BCUT2D eigenvalue weighted by Crippen LogP contribution is 2.38. The number of nitrogens with zero attached hydrogens (tertiary/aromatic N) is 1. The van der Waals surface area contributed by atoms with Crippen molar-refractivity contribution in [2.75, 3.05) is 13.1 Å². The zero-order chi connectivity index (χ0) is 15.8. The molecule has 1 saturated heterocycles. The second-order valence-corrected chi connectivity index (χ2v) is 7.98. The second-order valence-electron chi connectivity index (χ2n) is 7.98. The van der Waals surface area contributed by atoms with Gasteiger partial charge in [0.15, 0.2) is 0 Å². The Bertz CT molecular complexity index is 435. The number of nitrogens with one attached hydrogen (secondary N) is 1. The van der Waals surface area contributed by atoms with E-state index < -0.39 is 11.4 Å². The van der Waals surface area contributed by atoms with Crippen molar-refractivity contribution in [1.82, 2.24) is 10.2 Å². The van der Waals surface area contributed by atoms with E-state index in [-0.39, 0.29) is 12.1 Å². The van der Waals surface area contributed by atoms with E-state index in [1.54, 1.807) is 11.8 Å². The van der Waals surface area contributed by atoms with Crippen LogP contribution in [0.3, 0.4) is 0 Å². The summed E-state index contributed by atoms with van der Waals surface area (Å²) < 4.78 is 0. The van der Waals surface area contributed by atoms with Crippen molar-refractivity contribution < 1.29 is 14.7 Å². The van der Waals surface area contributed by atoms with Gasteiger partial charge in [-0.05, 0) is 43.9 Å². The van der Waals surface area contributed by atoms with Crippen LogP contribution in [0.25, 0.3) is 0 Å². The first kappa shape index (κ1) is 16.1. The molecule has 2 N–H and O–H groups in total. The zero-order valence-corrected chi connectivity index (χ0v) is 13.6. The van der Waals surface area contributed by atoms with Gasteiger partial charge in [0.05, 0.1) is 5.41 Å². The number of amides is 2. The van der Waals surface area contributed by atoms with Crippen molar-refractivity contribution in [2.45, 2.75) is 59.4 Å². The molecule has 0 bridgehead atoms. The highest BCUT2D eigenvalue weighted by atomic mass is 16.4. The normalized spacial score (nSPS) is 35.5. The largest absolute Gasteiger partial charge is 0.481 e. The summed E-state index contributed by atoms with van der Waals surface area (Å²) in [7, 11) is 0. The monoisotopic (exact) mass is 296 g/mol. The number of hydrogen-bond donors (Lipinski definition) is 2. The fraction of sp³-hybridized carbons (Fsp3) is 0.875. The molecule has 3 atom stereocenters. The molecule has 1 aliphatic heterocycles. The van der Waals surface area contributed by atoms with Gasteiger partial charge in [-0.2, -0.15) is 0 Å². The third-order valence-corrected chi connectivity index (χ3v) is 5.28. The fourth-order valence-electron chi connectivity index (χ4n) is 3.72. The Morgan fingerprint density at radius 1 is 1.24 bits per heavy atom. The fourth-order valence-corrected chi connectivity index (χ4v) is 3.72. The standard InChI is InChI=1S/C16H28N2O3/c1-11-9-15(2,3)6-5-12(11)17-14(21)18-8-7-16(4,10-18)13(19)20/h11-12H,5-10H2,1-4H3,(H,17,21)(H,19,20). The Labute approximate surface area is 127 Å². The van der Waals surface area contributed by atoms with Gasteiger partial charge in [-0.15, -0.1) is 0 Å². The Hall–Kier alpha value is -1.26. The average molecular weight is 296 g/mol. The number of carbonyl (C=O) groups is 2. The molecule has 2 rings (SSSR count). The molecule has 2 fully saturated rings. The Morgan fingerprint density at radius 2 is 1.90 bits per heavy atom. The highest BCUT2D eigenvalue weighted by Gasteiger charge is 2.43. The molecule has 0 radical (unpaired) electrons. The maximum atomic E-state index is 12.4. The molecule has 1 aliphatic carbocycles. The van der Waals surface area contributed by atoms with Gasteiger partial charge < -0.3 is 15.3 Å². The first-order chi connectivity index (χ1) is 9.63. The van der Waals surface area contributed by atoms with Crippen molar-refractivity contribution >= 4 is 12.0 Å². The van der Waals surface area contributed by atoms with Gasteiger partial charge in [0, 0.05) is 19.1 Å². The first-order valence-corrected chi connectivity index (χ1v) is 7.92. The third-order valence-electron chi connectivity index (χ3n) is 5.28. The van der Waals surface area contributed by atoms with Crippen LogP contribution in [0.4, 0.5) is 4.79 Å². The van der Waals surface area contributed by atoms with E-state index in [0.717, 1.165) is 19.3 Å². The molecule has 2 amide bonds. The lowest BCUT2D eigenvalue weighted by Crippen LogP contribution is -2.49. The molecule has 0 aromatic carbocycles. The van der Waals surface area contributed by atoms with Crippen LogP contribution in [0.5, 0.6) is 0 Å². The highest BCUT2D eigenvalue weighted by molar-refractivity contribution is 5.79. The van der Waals surface area contributed by atoms with Crippen LogP contribution in [0, 0.1) is 16.7 Å². The van der Waals surface area contributed by atoms with Gasteiger partial charge >= 0.3 is 12.0 Å². The Balaban J connectivity index is 1.90. The molecule has 21 heavy (non-hydrogen) atoms. The van der Waals surface area contributed by atoms with Crippen LogP contribution in [-0.2, 0) is 4.79 Å². The van der Waals surface area contributed by atoms with Gasteiger partial charge in [-0.25, -0.2) is 4.79 Å². The Morgan fingerprint density at radius 3 is 2.43 bits per heavy atom. The van der Waals surface area contributed by atoms with Crippen LogP contribution in [0.15, 0.2) is 0 Å². The summed E-state index contributed by atoms with van der Waals surface area (Å²) in [5.41, 5.74) is -0.437. The minimum Gasteiger partial charge on any atom is -0.481 e. The molecule has 5 heteroatoms. The maximum Gasteiger partial charge on any atom is 0.317 e. The van der Waals surface area contributed by atoms with Crippen molar-refractivity contribution in [3.8, 4) is 0 Å². The number of likely N-dealkylation sites (tertiary alicyclic amines) is 1. The van der Waals surface area contributed by atoms with Gasteiger partial charge in [0.2, 0.25) is 0 Å². The lowest BCUT2D eigenvalue weighted by molar-refractivity contribution is -0.147. The SMILES string of the molecule is CC1CC(C)(C)CCC1NC(=O)N1CCC(C)(C(=O)O)C1. The van der Waals surface area contributed by atoms with Crippen molar-refractivity contribution in [1.29, 1.82) is 0 Å². The number of carboxylic acid groups (broad SMARTS) is 1. The van der Waals surface area contributed by atoms with Gasteiger partial charge in [0.25, 0.3) is 0 Å². The summed E-state index contributed by atoms with van der Waals surface area (Å²) >= 11 is 0. The quantitative estimate of drug-likeness (QED) is 0.823. The second kappa shape index (κ2) is 5.50. The van der Waals surface area contributed by atoms with E-state index >= 15 is 0 Å². The van der Waals surface area contributed by atoms with E-state index in [9.17, 15) is 14.7 Å². The number of carbonyl (C=O) groups excluding carboxylic acids is 1. The Kier molecular flexibility index (Phi) is 4.22. The summed E-state index contributed by atoms with van der Waals surface area (Å²) in [6.07, 6.45) is 3.77. The third kappa shape index (κ3) is 3.50. The minimum absolute atomic E-state index is 0.100. The summed E-state index contributed by atoms with van der Waals surface area (Å²) in [4.78, 5) is 25.3. The molecule has 5 nitrogen and oxygen atoms in total. The van der Waals surface area contributed by atoms with Crippen molar-refractivity contribution in [3.05, 3.63) is 0 Å². The molecule has 2 aliphatic rings. The van der Waals surface area contributed by atoms with Crippen molar-refractivity contribution in [3.63, 3.8) is 0 Å². The van der Waals surface area contributed by atoms with E-state index in [4.69, 9.17) is 0 Å². The smallest absolute Gasteiger partial charge is 0.317 e. The molecular weight excluding hydrogens is 268 g/mol. The van der Waals surface area contributed by atoms with Gasteiger partial charge in [-0.1, -0.05) is 20.8 Å². The van der Waals surface area contributed by atoms with Gasteiger partial charge in [-0.3, -0.25) is 4.79 Å². The minimum atomic E-state index is -0.814. The molecular formula is C16H28N2O3. The number of rotatable bonds is 2. The lowest BCUT2D eigenvalue weighted by Gasteiger charge is -2.40. The molecule has 1 saturated carbocycles. The number of urea groups is 1. The number of aliphatic carboxylic acids is 1. The summed E-state index contributed by atoms with van der Waals surface area (Å²) in [6.45, 7) is 9.30. The van der Waals surface area contributed by atoms with E-state index in [2.05, 4.69) is 26.1 Å². The van der Waals surface area contributed by atoms with Crippen LogP contribution in [-0.4, -0.2) is 41.1 Å². The van der Waals surface area contributed by atoms with Crippen LogP contribution < -0.4 is 5.32 Å². The number of carboxylic acids is 1. The van der Waals surface area contributed by atoms with Crippen LogP contribution in [0.2, 0.25) is 0 Å². The molecule has 0 aromatic rings. The molecule has 1 heterocycles. The van der Waals surface area contributed by atoms with Crippen LogP contribution >= 0.6 is 0 Å². The molecule has 120 valence electrons. The topological polar surface area (TPSA) is 69.6 Å². The molecule has 3 unspecified atom stereocenters.